The van der Waals surface area contributed by atoms with Gasteiger partial charge < -0.3 is 14.6 Å². The minimum absolute atomic E-state index is 0.0505. The Morgan fingerprint density at radius 3 is 2.52 bits per heavy atom. The van der Waals surface area contributed by atoms with Crippen LogP contribution in [0.4, 0.5) is 0 Å². The zero-order chi connectivity index (χ0) is 15.2. The fourth-order valence-electron chi connectivity index (χ4n) is 1.57. The number of carboxylic acids is 1. The molecule has 0 fully saturated rings. The molecule has 2 rings (SSSR count). The summed E-state index contributed by atoms with van der Waals surface area (Å²) >= 11 is 11.7. The summed E-state index contributed by atoms with van der Waals surface area (Å²) < 4.78 is 10.8. The quantitative estimate of drug-likeness (QED) is 0.822. The fraction of sp³-hybridized carbons (Fsp3) is 0.143. The molecule has 0 amide bonds. The number of nitrogens with zero attached hydrogens (tertiary/aromatic N) is 1. The van der Waals surface area contributed by atoms with Crippen molar-refractivity contribution in [3.8, 4) is 11.5 Å². The van der Waals surface area contributed by atoms with E-state index in [0.29, 0.717) is 15.8 Å². The smallest absolute Gasteiger partial charge is 0.339 e. The number of halogens is 2. The minimum Gasteiger partial charge on any atom is -0.488 e. The molecule has 21 heavy (non-hydrogen) atoms. The summed E-state index contributed by atoms with van der Waals surface area (Å²) in [6.45, 7) is 0.361. The van der Waals surface area contributed by atoms with E-state index in [1.54, 1.807) is 18.2 Å². The van der Waals surface area contributed by atoms with Gasteiger partial charge >= 0.3 is 5.97 Å². The van der Waals surface area contributed by atoms with Crippen LogP contribution >= 0.6 is 23.2 Å². The van der Waals surface area contributed by atoms with Gasteiger partial charge in [0.1, 0.15) is 24.5 Å². The molecule has 0 spiro atoms. The molecule has 0 saturated heterocycles. The highest BCUT2D eigenvalue weighted by atomic mass is 35.5. The third kappa shape index (κ3) is 4.24. The largest absolute Gasteiger partial charge is 0.488 e. The average molecular weight is 328 g/mol. The van der Waals surface area contributed by atoms with Crippen molar-refractivity contribution in [2.75, 3.05) is 13.2 Å². The molecule has 0 aliphatic rings. The van der Waals surface area contributed by atoms with Gasteiger partial charge in [0.2, 0.25) is 0 Å². The molecule has 0 atom stereocenters. The molecule has 1 N–H and O–H groups in total. The second kappa shape index (κ2) is 7.15. The van der Waals surface area contributed by atoms with Crippen LogP contribution in [0.3, 0.4) is 0 Å². The summed E-state index contributed by atoms with van der Waals surface area (Å²) in [5.41, 5.74) is 0.0505. The van der Waals surface area contributed by atoms with Gasteiger partial charge in [0, 0.05) is 11.2 Å². The van der Waals surface area contributed by atoms with E-state index < -0.39 is 5.97 Å². The lowest BCUT2D eigenvalue weighted by atomic mass is 10.2. The van der Waals surface area contributed by atoms with Crippen LogP contribution in [0.1, 0.15) is 10.4 Å². The fourth-order valence-corrected chi connectivity index (χ4v) is 2.03. The summed E-state index contributed by atoms with van der Waals surface area (Å²) in [5.74, 6) is -0.404. The van der Waals surface area contributed by atoms with E-state index in [0.717, 1.165) is 0 Å². The molecule has 7 heteroatoms. The lowest BCUT2D eigenvalue weighted by molar-refractivity contribution is 0.0691. The van der Waals surface area contributed by atoms with Gasteiger partial charge in [-0.3, -0.25) is 4.98 Å². The lowest BCUT2D eigenvalue weighted by Gasteiger charge is -2.10. The Morgan fingerprint density at radius 1 is 1.14 bits per heavy atom. The summed E-state index contributed by atoms with van der Waals surface area (Å²) in [4.78, 5) is 14.8. The normalized spacial score (nSPS) is 10.2. The molecule has 2 aromatic rings. The van der Waals surface area contributed by atoms with Crippen LogP contribution in [0.2, 0.25) is 10.0 Å². The zero-order valence-electron chi connectivity index (χ0n) is 10.8. The van der Waals surface area contributed by atoms with Crippen LogP contribution in [-0.2, 0) is 0 Å². The monoisotopic (exact) mass is 327 g/mol. The Bertz CT molecular complexity index is 649. The summed E-state index contributed by atoms with van der Waals surface area (Å²) in [7, 11) is 0. The molecule has 1 aromatic carbocycles. The SMILES string of the molecule is O=C(O)c1ccncc1OCCOc1ccc(Cl)cc1Cl. The van der Waals surface area contributed by atoms with Gasteiger partial charge in [0.05, 0.1) is 11.2 Å². The number of hydrogen-bond acceptors (Lipinski definition) is 4. The van der Waals surface area contributed by atoms with Crippen molar-refractivity contribution in [1.82, 2.24) is 4.98 Å². The molecule has 0 aliphatic heterocycles. The maximum atomic E-state index is 11.0. The van der Waals surface area contributed by atoms with E-state index >= 15 is 0 Å². The Morgan fingerprint density at radius 2 is 1.86 bits per heavy atom. The van der Waals surface area contributed by atoms with Crippen molar-refractivity contribution < 1.29 is 19.4 Å². The first-order valence-corrected chi connectivity index (χ1v) is 6.71. The number of carbonyl (C=O) groups is 1. The zero-order valence-corrected chi connectivity index (χ0v) is 12.3. The van der Waals surface area contributed by atoms with Crippen molar-refractivity contribution in [3.05, 3.63) is 52.3 Å². The molecule has 0 radical (unpaired) electrons. The van der Waals surface area contributed by atoms with Crippen LogP contribution in [0, 0.1) is 0 Å². The van der Waals surface area contributed by atoms with Crippen LogP contribution in [0.15, 0.2) is 36.7 Å². The van der Waals surface area contributed by atoms with Gasteiger partial charge in [0.25, 0.3) is 0 Å². The average Bonchev–Trinajstić information content (AvgIpc) is 2.45. The van der Waals surface area contributed by atoms with Crippen molar-refractivity contribution in [2.45, 2.75) is 0 Å². The summed E-state index contributed by atoms with van der Waals surface area (Å²) in [5, 5.41) is 9.91. The van der Waals surface area contributed by atoms with E-state index in [9.17, 15) is 4.79 Å². The maximum absolute atomic E-state index is 11.0. The molecule has 1 aromatic heterocycles. The number of pyridine rings is 1. The standard InChI is InChI=1S/C14H11Cl2NO4/c15-9-1-2-12(11(16)7-9)20-5-6-21-13-8-17-4-3-10(13)14(18)19/h1-4,7-8H,5-6H2,(H,18,19). The van der Waals surface area contributed by atoms with Crippen LogP contribution in [0.5, 0.6) is 11.5 Å². The number of benzene rings is 1. The Hall–Kier alpha value is -1.98. The Balaban J connectivity index is 1.89. The number of hydrogen-bond donors (Lipinski definition) is 1. The first-order chi connectivity index (χ1) is 10.1. The van der Waals surface area contributed by atoms with Gasteiger partial charge in [-0.15, -0.1) is 0 Å². The predicted molar refractivity (Wildman–Crippen MR) is 78.6 cm³/mol. The van der Waals surface area contributed by atoms with Gasteiger partial charge in [0.15, 0.2) is 5.75 Å². The van der Waals surface area contributed by atoms with Crippen LogP contribution < -0.4 is 9.47 Å². The van der Waals surface area contributed by atoms with E-state index in [-0.39, 0.29) is 24.5 Å². The highest BCUT2D eigenvalue weighted by Gasteiger charge is 2.10. The molecule has 0 saturated carbocycles. The van der Waals surface area contributed by atoms with Gasteiger partial charge in [-0.05, 0) is 24.3 Å². The highest BCUT2D eigenvalue weighted by molar-refractivity contribution is 6.35. The molecular formula is C14H11Cl2NO4. The Labute approximate surface area is 131 Å². The van der Waals surface area contributed by atoms with Gasteiger partial charge in [-0.1, -0.05) is 23.2 Å². The third-order valence-electron chi connectivity index (χ3n) is 2.51. The first kappa shape index (κ1) is 15.4. The Kier molecular flexibility index (Phi) is 5.25. The maximum Gasteiger partial charge on any atom is 0.339 e. The first-order valence-electron chi connectivity index (χ1n) is 5.96. The number of aromatic carboxylic acids is 1. The number of ether oxygens (including phenoxy) is 2. The predicted octanol–water partition coefficient (Wildman–Crippen LogP) is 3.54. The molecule has 0 bridgehead atoms. The topological polar surface area (TPSA) is 68.7 Å². The molecule has 0 unspecified atom stereocenters. The molecule has 0 aliphatic carbocycles. The number of aromatic nitrogens is 1. The van der Waals surface area contributed by atoms with Crippen molar-refractivity contribution >= 4 is 29.2 Å². The van der Waals surface area contributed by atoms with E-state index in [1.807, 2.05) is 0 Å². The van der Waals surface area contributed by atoms with Crippen LogP contribution in [0.25, 0.3) is 0 Å². The lowest BCUT2D eigenvalue weighted by Crippen LogP contribution is -2.11. The van der Waals surface area contributed by atoms with E-state index in [4.69, 9.17) is 37.8 Å². The van der Waals surface area contributed by atoms with E-state index in [2.05, 4.69) is 4.98 Å². The van der Waals surface area contributed by atoms with E-state index in [1.165, 1.54) is 18.5 Å². The third-order valence-corrected chi connectivity index (χ3v) is 3.04. The van der Waals surface area contributed by atoms with Crippen molar-refractivity contribution in [3.63, 3.8) is 0 Å². The molecule has 1 heterocycles. The highest BCUT2D eigenvalue weighted by Crippen LogP contribution is 2.27. The molecular weight excluding hydrogens is 317 g/mol. The van der Waals surface area contributed by atoms with Gasteiger partial charge in [-0.25, -0.2) is 4.79 Å². The van der Waals surface area contributed by atoms with Crippen molar-refractivity contribution in [2.24, 2.45) is 0 Å². The molecule has 110 valence electrons. The summed E-state index contributed by atoms with van der Waals surface area (Å²) in [6, 6.07) is 6.25. The van der Waals surface area contributed by atoms with Gasteiger partial charge in [-0.2, -0.15) is 0 Å². The number of rotatable bonds is 6. The number of carboxylic acid groups (broad SMARTS) is 1. The second-order valence-electron chi connectivity index (χ2n) is 3.95. The summed E-state index contributed by atoms with van der Waals surface area (Å²) in [6.07, 6.45) is 2.74. The minimum atomic E-state index is -1.07. The van der Waals surface area contributed by atoms with Crippen LogP contribution in [-0.4, -0.2) is 29.3 Å². The molecule has 5 nitrogen and oxygen atoms in total. The second-order valence-corrected chi connectivity index (χ2v) is 4.79. The van der Waals surface area contributed by atoms with Crippen molar-refractivity contribution in [1.29, 1.82) is 0 Å².